The number of amides is 1. The molecule has 1 fully saturated rings. The van der Waals surface area contributed by atoms with Crippen LogP contribution in [0.1, 0.15) is 39.8 Å². The zero-order chi connectivity index (χ0) is 15.7. The van der Waals surface area contributed by atoms with E-state index >= 15 is 0 Å². The molecule has 0 saturated heterocycles. The van der Waals surface area contributed by atoms with Gasteiger partial charge in [0.1, 0.15) is 0 Å². The van der Waals surface area contributed by atoms with Crippen molar-refractivity contribution in [3.8, 4) is 0 Å². The van der Waals surface area contributed by atoms with Gasteiger partial charge in [-0.3, -0.25) is 9.59 Å². The van der Waals surface area contributed by atoms with Crippen LogP contribution in [0.25, 0.3) is 0 Å². The third kappa shape index (κ3) is 3.13. The first-order valence-electron chi connectivity index (χ1n) is 7.26. The highest BCUT2D eigenvalue weighted by molar-refractivity contribution is 7.10. The van der Waals surface area contributed by atoms with E-state index in [1.165, 1.54) is 6.07 Å². The van der Waals surface area contributed by atoms with Gasteiger partial charge in [-0.1, -0.05) is 6.07 Å². The highest BCUT2D eigenvalue weighted by Crippen LogP contribution is 2.39. The second-order valence-corrected chi connectivity index (χ2v) is 6.75. The third-order valence-corrected chi connectivity index (χ3v) is 4.95. The van der Waals surface area contributed by atoms with Gasteiger partial charge in [0.05, 0.1) is 12.1 Å². The van der Waals surface area contributed by atoms with Gasteiger partial charge in [-0.25, -0.2) is 0 Å². The molecule has 0 bridgehead atoms. The van der Waals surface area contributed by atoms with Gasteiger partial charge in [0.25, 0.3) is 5.91 Å². The van der Waals surface area contributed by atoms with Crippen LogP contribution < -0.4 is 10.9 Å². The topological polar surface area (TPSA) is 82.2 Å². The van der Waals surface area contributed by atoms with Crippen molar-refractivity contribution in [2.24, 2.45) is 5.92 Å². The second-order valence-electron chi connectivity index (χ2n) is 5.77. The number of nitrogens with one attached hydrogen (secondary N) is 2. The van der Waals surface area contributed by atoms with Gasteiger partial charge >= 0.3 is 0 Å². The van der Waals surface area contributed by atoms with Crippen LogP contribution in [0, 0.1) is 12.8 Å². The largest absolute Gasteiger partial charge is 0.393 e. The van der Waals surface area contributed by atoms with Crippen LogP contribution in [-0.4, -0.2) is 22.1 Å². The standard InChI is InChI=1S/C16H18N2O3S/c1-9-5-11(8-14(20)17-9)16(21)18-15(10-6-12(19)7-10)13-3-2-4-22-13/h2-5,8,10,12,15,19H,6-7H2,1H3,(H,17,20)(H,18,21)/t10?,12?,15-/m1/s1. The fourth-order valence-corrected chi connectivity index (χ4v) is 3.70. The van der Waals surface area contributed by atoms with Gasteiger partial charge in [0.2, 0.25) is 5.56 Å². The number of thiophene rings is 1. The normalized spacial score (nSPS) is 21.9. The summed E-state index contributed by atoms with van der Waals surface area (Å²) in [6, 6.07) is 6.80. The van der Waals surface area contributed by atoms with E-state index in [0.717, 1.165) is 4.88 Å². The molecule has 2 heterocycles. The molecule has 116 valence electrons. The van der Waals surface area contributed by atoms with Crippen molar-refractivity contribution in [2.45, 2.75) is 31.9 Å². The Hall–Kier alpha value is -1.92. The molecule has 0 aromatic carbocycles. The summed E-state index contributed by atoms with van der Waals surface area (Å²) in [5, 5.41) is 14.5. The van der Waals surface area contributed by atoms with E-state index in [2.05, 4.69) is 10.3 Å². The van der Waals surface area contributed by atoms with Crippen LogP contribution >= 0.6 is 11.3 Å². The summed E-state index contributed by atoms with van der Waals surface area (Å²) >= 11 is 1.59. The summed E-state index contributed by atoms with van der Waals surface area (Å²) in [7, 11) is 0. The Kier molecular flexibility index (Phi) is 4.13. The Labute approximate surface area is 132 Å². The van der Waals surface area contributed by atoms with E-state index in [0.29, 0.717) is 24.1 Å². The van der Waals surface area contributed by atoms with Crippen molar-refractivity contribution in [3.05, 3.63) is 56.1 Å². The number of carbonyl (C=O) groups excluding carboxylic acids is 1. The fourth-order valence-electron chi connectivity index (χ4n) is 2.83. The maximum atomic E-state index is 12.5. The first-order valence-corrected chi connectivity index (χ1v) is 8.14. The number of aryl methyl sites for hydroxylation is 1. The molecule has 1 aliphatic rings. The average Bonchev–Trinajstić information content (AvgIpc) is 2.94. The van der Waals surface area contributed by atoms with Crippen molar-refractivity contribution in [2.75, 3.05) is 0 Å². The molecule has 1 aliphatic carbocycles. The van der Waals surface area contributed by atoms with Crippen molar-refractivity contribution in [1.82, 2.24) is 10.3 Å². The van der Waals surface area contributed by atoms with Gasteiger partial charge in [0, 0.05) is 22.2 Å². The number of hydrogen-bond acceptors (Lipinski definition) is 4. The van der Waals surface area contributed by atoms with E-state index in [9.17, 15) is 14.7 Å². The minimum Gasteiger partial charge on any atom is -0.393 e. The summed E-state index contributed by atoms with van der Waals surface area (Å²) in [6.45, 7) is 1.75. The zero-order valence-corrected chi connectivity index (χ0v) is 13.0. The molecule has 1 amide bonds. The van der Waals surface area contributed by atoms with E-state index in [1.54, 1.807) is 24.3 Å². The molecular weight excluding hydrogens is 300 g/mol. The lowest BCUT2D eigenvalue weighted by atomic mass is 9.76. The van der Waals surface area contributed by atoms with Gasteiger partial charge in [-0.15, -0.1) is 11.3 Å². The maximum absolute atomic E-state index is 12.5. The Balaban J connectivity index is 1.81. The summed E-state index contributed by atoms with van der Waals surface area (Å²) in [4.78, 5) is 27.7. The molecule has 0 spiro atoms. The second kappa shape index (κ2) is 6.06. The van der Waals surface area contributed by atoms with E-state index in [4.69, 9.17) is 0 Å². The molecule has 2 aromatic rings. The van der Waals surface area contributed by atoms with Crippen LogP contribution in [0.3, 0.4) is 0 Å². The Morgan fingerprint density at radius 2 is 2.23 bits per heavy atom. The molecule has 0 radical (unpaired) electrons. The quantitative estimate of drug-likeness (QED) is 0.806. The molecule has 1 atom stereocenters. The van der Waals surface area contributed by atoms with Gasteiger partial charge in [-0.05, 0) is 43.2 Å². The SMILES string of the molecule is Cc1cc(C(=O)N[C@@H](c2cccs2)C2CC(O)C2)cc(=O)[nH]1. The minimum absolute atomic E-state index is 0.115. The molecule has 5 nitrogen and oxygen atoms in total. The zero-order valence-electron chi connectivity index (χ0n) is 12.2. The molecule has 22 heavy (non-hydrogen) atoms. The first-order chi connectivity index (χ1) is 10.5. The van der Waals surface area contributed by atoms with Crippen LogP contribution in [0.4, 0.5) is 0 Å². The van der Waals surface area contributed by atoms with Crippen LogP contribution in [-0.2, 0) is 0 Å². The number of aromatic nitrogens is 1. The number of pyridine rings is 1. The molecule has 2 aromatic heterocycles. The van der Waals surface area contributed by atoms with E-state index in [-0.39, 0.29) is 29.5 Å². The molecular formula is C16H18N2O3S. The molecule has 1 saturated carbocycles. The Morgan fingerprint density at radius 1 is 1.45 bits per heavy atom. The van der Waals surface area contributed by atoms with Gasteiger partial charge in [-0.2, -0.15) is 0 Å². The van der Waals surface area contributed by atoms with Crippen LogP contribution in [0.2, 0.25) is 0 Å². The molecule has 0 unspecified atom stereocenters. The summed E-state index contributed by atoms with van der Waals surface area (Å²) < 4.78 is 0. The van der Waals surface area contributed by atoms with E-state index < -0.39 is 0 Å². The fraction of sp³-hybridized carbons (Fsp3) is 0.375. The van der Waals surface area contributed by atoms with Crippen LogP contribution in [0.5, 0.6) is 0 Å². The molecule has 3 N–H and O–H groups in total. The smallest absolute Gasteiger partial charge is 0.252 e. The number of aliphatic hydroxyl groups excluding tert-OH is 1. The maximum Gasteiger partial charge on any atom is 0.252 e. The number of aromatic amines is 1. The minimum atomic E-state index is -0.281. The average molecular weight is 318 g/mol. The number of H-pyrrole nitrogens is 1. The van der Waals surface area contributed by atoms with Crippen molar-refractivity contribution in [1.29, 1.82) is 0 Å². The van der Waals surface area contributed by atoms with Crippen molar-refractivity contribution >= 4 is 17.2 Å². The summed E-state index contributed by atoms with van der Waals surface area (Å²) in [5.41, 5.74) is 0.740. The first kappa shape index (κ1) is 15.0. The monoisotopic (exact) mass is 318 g/mol. The number of aliphatic hydroxyl groups is 1. The number of carbonyl (C=O) groups is 1. The Bertz CT molecular complexity index is 717. The van der Waals surface area contributed by atoms with Crippen molar-refractivity contribution < 1.29 is 9.90 Å². The number of hydrogen-bond donors (Lipinski definition) is 3. The van der Waals surface area contributed by atoms with Gasteiger partial charge in [0.15, 0.2) is 0 Å². The Morgan fingerprint density at radius 3 is 2.82 bits per heavy atom. The highest BCUT2D eigenvalue weighted by Gasteiger charge is 2.36. The lowest BCUT2D eigenvalue weighted by molar-refractivity contribution is 0.0241. The van der Waals surface area contributed by atoms with Crippen LogP contribution in [0.15, 0.2) is 34.4 Å². The predicted octanol–water partition coefficient (Wildman–Crippen LogP) is 1.99. The molecule has 3 rings (SSSR count). The van der Waals surface area contributed by atoms with Crippen molar-refractivity contribution in [3.63, 3.8) is 0 Å². The molecule has 6 heteroatoms. The van der Waals surface area contributed by atoms with Gasteiger partial charge < -0.3 is 15.4 Å². The lowest BCUT2D eigenvalue weighted by Gasteiger charge is -2.37. The van der Waals surface area contributed by atoms with E-state index in [1.807, 2.05) is 17.5 Å². The third-order valence-electron chi connectivity index (χ3n) is 4.00. The lowest BCUT2D eigenvalue weighted by Crippen LogP contribution is -2.41. The summed E-state index contributed by atoms with van der Waals surface area (Å²) in [6.07, 6.45) is 1.11. The molecule has 0 aliphatic heterocycles. The highest BCUT2D eigenvalue weighted by atomic mass is 32.1. The summed E-state index contributed by atoms with van der Waals surface area (Å²) in [5.74, 6) is -0.0188. The number of rotatable bonds is 4. The predicted molar refractivity (Wildman–Crippen MR) is 85.1 cm³/mol.